The standard InChI is InChI=1S/C33H22N2/c1-7-15-30-20(9-1)17-28-26(22-11-3-5-13-24(22)32(28)34-30)19-27-23-12-4-6-14-25(23)33-29(27)18-21-10-2-8-16-31(21)35-33/h1-18,26-27H,19H2. The van der Waals surface area contributed by atoms with Gasteiger partial charge < -0.3 is 0 Å². The van der Waals surface area contributed by atoms with Gasteiger partial charge in [0.15, 0.2) is 0 Å². The Hall–Kier alpha value is -4.30. The molecular weight excluding hydrogens is 424 g/mol. The van der Waals surface area contributed by atoms with E-state index in [-0.39, 0.29) is 0 Å². The number of hydrogen-bond donors (Lipinski definition) is 0. The van der Waals surface area contributed by atoms with E-state index in [1.54, 1.807) is 0 Å². The molecule has 2 heteroatoms. The number of rotatable bonds is 2. The number of para-hydroxylation sites is 2. The van der Waals surface area contributed by atoms with Gasteiger partial charge in [-0.25, -0.2) is 9.97 Å². The maximum atomic E-state index is 5.14. The molecule has 4 aromatic carbocycles. The molecule has 164 valence electrons. The van der Waals surface area contributed by atoms with Crippen LogP contribution in [0.3, 0.4) is 0 Å². The summed E-state index contributed by atoms with van der Waals surface area (Å²) in [6.07, 6.45) is 1.01. The summed E-state index contributed by atoms with van der Waals surface area (Å²) < 4.78 is 0. The van der Waals surface area contributed by atoms with Crippen LogP contribution in [0.15, 0.2) is 109 Å². The van der Waals surface area contributed by atoms with E-state index in [2.05, 4.69) is 109 Å². The molecular formula is C33H22N2. The lowest BCUT2D eigenvalue weighted by atomic mass is 9.82. The molecule has 0 radical (unpaired) electrons. The first-order valence-electron chi connectivity index (χ1n) is 12.3. The normalized spacial score (nSPS) is 17.3. The Morgan fingerprint density at radius 2 is 0.886 bits per heavy atom. The molecule has 2 aliphatic rings. The molecule has 0 saturated heterocycles. The molecule has 2 heterocycles. The summed E-state index contributed by atoms with van der Waals surface area (Å²) in [5.41, 5.74) is 12.5. The Bertz CT molecular complexity index is 1670. The van der Waals surface area contributed by atoms with Crippen LogP contribution in [0.5, 0.6) is 0 Å². The van der Waals surface area contributed by atoms with E-state index in [0.717, 1.165) is 28.8 Å². The Morgan fingerprint density at radius 1 is 0.457 bits per heavy atom. The van der Waals surface area contributed by atoms with Crippen LogP contribution in [-0.4, -0.2) is 9.97 Å². The van der Waals surface area contributed by atoms with Crippen LogP contribution in [0.25, 0.3) is 44.3 Å². The molecule has 2 atom stereocenters. The van der Waals surface area contributed by atoms with E-state index < -0.39 is 0 Å². The zero-order chi connectivity index (χ0) is 22.9. The number of aromatic nitrogens is 2. The van der Waals surface area contributed by atoms with Crippen LogP contribution in [0.4, 0.5) is 0 Å². The number of benzene rings is 4. The van der Waals surface area contributed by atoms with Gasteiger partial charge in [-0.05, 0) is 52.9 Å². The minimum atomic E-state index is 0.300. The summed E-state index contributed by atoms with van der Waals surface area (Å²) in [6.45, 7) is 0. The molecule has 2 nitrogen and oxygen atoms in total. The van der Waals surface area contributed by atoms with Gasteiger partial charge in [-0.3, -0.25) is 0 Å². The molecule has 0 spiro atoms. The predicted octanol–water partition coefficient (Wildman–Crippen LogP) is 8.10. The minimum absolute atomic E-state index is 0.300. The first-order valence-corrected chi connectivity index (χ1v) is 12.3. The van der Waals surface area contributed by atoms with Crippen molar-refractivity contribution in [3.8, 4) is 22.5 Å². The van der Waals surface area contributed by atoms with Crippen molar-refractivity contribution in [1.29, 1.82) is 0 Å². The van der Waals surface area contributed by atoms with Crippen LogP contribution < -0.4 is 0 Å². The van der Waals surface area contributed by atoms with Gasteiger partial charge in [0.2, 0.25) is 0 Å². The maximum Gasteiger partial charge on any atom is 0.0750 e. The quantitative estimate of drug-likeness (QED) is 0.268. The molecule has 0 aliphatic heterocycles. The average Bonchev–Trinajstić information content (AvgIpc) is 3.38. The summed E-state index contributed by atoms with van der Waals surface area (Å²) in [5.74, 6) is 0.600. The van der Waals surface area contributed by atoms with E-state index in [0.29, 0.717) is 11.8 Å². The lowest BCUT2D eigenvalue weighted by Crippen LogP contribution is -2.06. The van der Waals surface area contributed by atoms with Gasteiger partial charge in [0.05, 0.1) is 22.4 Å². The molecule has 35 heavy (non-hydrogen) atoms. The van der Waals surface area contributed by atoms with Crippen LogP contribution in [0.2, 0.25) is 0 Å². The van der Waals surface area contributed by atoms with Crippen LogP contribution in [0.1, 0.15) is 40.5 Å². The molecule has 0 bridgehead atoms. The number of hydrogen-bond acceptors (Lipinski definition) is 2. The highest BCUT2D eigenvalue weighted by atomic mass is 14.7. The van der Waals surface area contributed by atoms with Gasteiger partial charge in [-0.1, -0.05) is 84.9 Å². The van der Waals surface area contributed by atoms with E-state index >= 15 is 0 Å². The Balaban J connectivity index is 1.33. The maximum absolute atomic E-state index is 5.14. The monoisotopic (exact) mass is 446 g/mol. The van der Waals surface area contributed by atoms with Gasteiger partial charge in [-0.15, -0.1) is 0 Å². The second kappa shape index (κ2) is 7.10. The molecule has 0 N–H and O–H groups in total. The topological polar surface area (TPSA) is 25.8 Å². The molecule has 8 rings (SSSR count). The van der Waals surface area contributed by atoms with Gasteiger partial charge in [0, 0.05) is 33.7 Å². The van der Waals surface area contributed by atoms with Crippen LogP contribution in [-0.2, 0) is 0 Å². The average molecular weight is 447 g/mol. The largest absolute Gasteiger partial charge is 0.247 e. The highest BCUT2D eigenvalue weighted by molar-refractivity contribution is 5.89. The van der Waals surface area contributed by atoms with E-state index in [4.69, 9.17) is 9.97 Å². The van der Waals surface area contributed by atoms with Crippen molar-refractivity contribution in [2.75, 3.05) is 0 Å². The number of fused-ring (bicyclic) bond motifs is 8. The molecule has 2 aliphatic carbocycles. The van der Waals surface area contributed by atoms with Crippen molar-refractivity contribution in [3.63, 3.8) is 0 Å². The third-order valence-corrected chi connectivity index (χ3v) is 7.91. The van der Waals surface area contributed by atoms with E-state index in [1.165, 1.54) is 44.2 Å². The zero-order valence-corrected chi connectivity index (χ0v) is 19.1. The third-order valence-electron chi connectivity index (χ3n) is 7.91. The Labute approximate surface area is 203 Å². The fourth-order valence-corrected chi connectivity index (χ4v) is 6.34. The lowest BCUT2D eigenvalue weighted by molar-refractivity contribution is 0.663. The number of nitrogens with zero attached hydrogens (tertiary/aromatic N) is 2. The molecule has 0 saturated carbocycles. The number of pyridine rings is 2. The zero-order valence-electron chi connectivity index (χ0n) is 19.1. The fourth-order valence-electron chi connectivity index (χ4n) is 6.34. The summed E-state index contributed by atoms with van der Waals surface area (Å²) in [5, 5.41) is 2.42. The Kier molecular flexibility index (Phi) is 3.86. The second-order valence-corrected chi connectivity index (χ2v) is 9.75. The van der Waals surface area contributed by atoms with E-state index in [9.17, 15) is 0 Å². The second-order valence-electron chi connectivity index (χ2n) is 9.75. The minimum Gasteiger partial charge on any atom is -0.247 e. The van der Waals surface area contributed by atoms with Crippen molar-refractivity contribution in [2.24, 2.45) is 0 Å². The SMILES string of the molecule is c1ccc2c(c1)-c1nc3ccccc3cc1C2CC1c2ccccc2-c2nc3ccccc3cc21. The summed E-state index contributed by atoms with van der Waals surface area (Å²) >= 11 is 0. The van der Waals surface area contributed by atoms with Gasteiger partial charge in [0.25, 0.3) is 0 Å². The van der Waals surface area contributed by atoms with Crippen molar-refractivity contribution in [1.82, 2.24) is 9.97 Å². The molecule has 0 fully saturated rings. The summed E-state index contributed by atoms with van der Waals surface area (Å²) in [7, 11) is 0. The lowest BCUT2D eigenvalue weighted by Gasteiger charge is -2.21. The summed E-state index contributed by atoms with van der Waals surface area (Å²) in [4.78, 5) is 10.3. The van der Waals surface area contributed by atoms with E-state index in [1.807, 2.05) is 0 Å². The first-order chi connectivity index (χ1) is 17.3. The smallest absolute Gasteiger partial charge is 0.0750 e. The molecule has 0 amide bonds. The van der Waals surface area contributed by atoms with Crippen LogP contribution >= 0.6 is 0 Å². The predicted molar refractivity (Wildman–Crippen MR) is 143 cm³/mol. The summed E-state index contributed by atoms with van der Waals surface area (Å²) in [6, 6.07) is 39.4. The van der Waals surface area contributed by atoms with Crippen LogP contribution in [0, 0.1) is 0 Å². The van der Waals surface area contributed by atoms with Crippen molar-refractivity contribution in [2.45, 2.75) is 18.3 Å². The highest BCUT2D eigenvalue weighted by Gasteiger charge is 2.37. The van der Waals surface area contributed by atoms with Gasteiger partial charge in [0.1, 0.15) is 0 Å². The van der Waals surface area contributed by atoms with Crippen molar-refractivity contribution >= 4 is 21.8 Å². The third kappa shape index (κ3) is 2.71. The van der Waals surface area contributed by atoms with Gasteiger partial charge in [-0.2, -0.15) is 0 Å². The fraction of sp³-hybridized carbons (Fsp3) is 0.0909. The first kappa shape index (κ1) is 19.1. The Morgan fingerprint density at radius 3 is 1.40 bits per heavy atom. The van der Waals surface area contributed by atoms with Gasteiger partial charge >= 0.3 is 0 Å². The molecule has 2 unspecified atom stereocenters. The highest BCUT2D eigenvalue weighted by Crippen LogP contribution is 2.53. The van der Waals surface area contributed by atoms with Crippen molar-refractivity contribution < 1.29 is 0 Å². The molecule has 6 aromatic rings. The van der Waals surface area contributed by atoms with Crippen molar-refractivity contribution in [3.05, 3.63) is 131 Å². The molecule has 2 aromatic heterocycles.